The molecule has 0 aromatic heterocycles. The highest BCUT2D eigenvalue weighted by atomic mass is 32.2. The standard InChI is InChI=1S/C23H24F4N2O4S/c1-2-34(31,32)28-22-18(26)12-29(23(30)20-8-9-33-20)19(22)10-13-4-3-5-15(21(13)27)16-11-14(24)6-7-17(16)25/h3-7,11,18-20,22,28H,2,8-10,12H2,1H3/t18-,19-,20?,22-/m0/s1. The molecule has 34 heavy (non-hydrogen) atoms. The summed E-state index contributed by atoms with van der Waals surface area (Å²) in [5, 5.41) is 0. The molecule has 11 heteroatoms. The molecule has 4 rings (SSSR count). The molecule has 6 nitrogen and oxygen atoms in total. The van der Waals surface area contributed by atoms with Crippen LogP contribution in [0.25, 0.3) is 11.1 Å². The first-order valence-electron chi connectivity index (χ1n) is 10.9. The molecule has 2 aromatic carbocycles. The number of carbonyl (C=O) groups is 1. The molecule has 0 saturated carbocycles. The predicted octanol–water partition coefficient (Wildman–Crippen LogP) is 2.96. The Balaban J connectivity index is 1.70. The molecule has 4 atom stereocenters. The van der Waals surface area contributed by atoms with Crippen LogP contribution in [0.15, 0.2) is 36.4 Å². The van der Waals surface area contributed by atoms with Crippen molar-refractivity contribution < 1.29 is 35.5 Å². The van der Waals surface area contributed by atoms with Gasteiger partial charge in [-0.15, -0.1) is 0 Å². The summed E-state index contributed by atoms with van der Waals surface area (Å²) in [6.07, 6.45) is -2.27. The third kappa shape index (κ3) is 4.82. The van der Waals surface area contributed by atoms with Crippen molar-refractivity contribution in [3.05, 3.63) is 59.4 Å². The van der Waals surface area contributed by atoms with Gasteiger partial charge < -0.3 is 9.64 Å². The van der Waals surface area contributed by atoms with Gasteiger partial charge in [0.1, 0.15) is 29.7 Å². The molecule has 184 valence electrons. The zero-order chi connectivity index (χ0) is 24.6. The number of rotatable bonds is 7. The highest BCUT2D eigenvalue weighted by Gasteiger charge is 2.48. The molecule has 0 radical (unpaired) electrons. The second-order valence-corrected chi connectivity index (χ2v) is 10.4. The Morgan fingerprint density at radius 1 is 1.18 bits per heavy atom. The number of carbonyl (C=O) groups excluding carboxylic acids is 1. The summed E-state index contributed by atoms with van der Waals surface area (Å²) in [6, 6.07) is 4.42. The highest BCUT2D eigenvalue weighted by molar-refractivity contribution is 7.89. The van der Waals surface area contributed by atoms with Crippen LogP contribution in [0.5, 0.6) is 0 Å². The van der Waals surface area contributed by atoms with Crippen LogP contribution in [-0.4, -0.2) is 62.5 Å². The van der Waals surface area contributed by atoms with E-state index < -0.39 is 57.7 Å². The van der Waals surface area contributed by atoms with Gasteiger partial charge in [0.25, 0.3) is 5.91 Å². The fourth-order valence-electron chi connectivity index (χ4n) is 4.30. The molecular weight excluding hydrogens is 476 g/mol. The molecule has 1 N–H and O–H groups in total. The molecule has 2 aliphatic rings. The topological polar surface area (TPSA) is 75.7 Å². The van der Waals surface area contributed by atoms with E-state index in [4.69, 9.17) is 4.74 Å². The second-order valence-electron chi connectivity index (χ2n) is 8.38. The van der Waals surface area contributed by atoms with E-state index in [1.54, 1.807) is 0 Å². The molecule has 2 aromatic rings. The number of ether oxygens (including phenoxy) is 1. The number of nitrogens with one attached hydrogen (secondary N) is 1. The largest absolute Gasteiger partial charge is 0.368 e. The zero-order valence-corrected chi connectivity index (χ0v) is 19.1. The minimum absolute atomic E-state index is 0.00767. The number of hydrogen-bond donors (Lipinski definition) is 1. The normalized spacial score (nSPS) is 24.8. The summed E-state index contributed by atoms with van der Waals surface area (Å²) >= 11 is 0. The highest BCUT2D eigenvalue weighted by Crippen LogP contribution is 2.32. The smallest absolute Gasteiger partial charge is 0.252 e. The van der Waals surface area contributed by atoms with Gasteiger partial charge in [0, 0.05) is 17.5 Å². The average Bonchev–Trinajstić information content (AvgIpc) is 3.05. The van der Waals surface area contributed by atoms with E-state index in [-0.39, 0.29) is 35.4 Å². The van der Waals surface area contributed by atoms with E-state index in [0.29, 0.717) is 13.0 Å². The average molecular weight is 501 g/mol. The lowest BCUT2D eigenvalue weighted by Gasteiger charge is -2.34. The zero-order valence-electron chi connectivity index (χ0n) is 18.3. The maximum atomic E-state index is 15.5. The van der Waals surface area contributed by atoms with E-state index in [2.05, 4.69) is 4.72 Å². The molecule has 0 spiro atoms. The Morgan fingerprint density at radius 2 is 1.91 bits per heavy atom. The maximum absolute atomic E-state index is 15.5. The predicted molar refractivity (Wildman–Crippen MR) is 117 cm³/mol. The summed E-state index contributed by atoms with van der Waals surface area (Å²) in [5.74, 6) is -3.23. The number of benzene rings is 2. The van der Waals surface area contributed by atoms with Gasteiger partial charge in [0.2, 0.25) is 10.0 Å². The van der Waals surface area contributed by atoms with Crippen LogP contribution in [0.3, 0.4) is 0 Å². The van der Waals surface area contributed by atoms with Gasteiger partial charge in [-0.2, -0.15) is 0 Å². The van der Waals surface area contributed by atoms with E-state index in [1.165, 1.54) is 30.0 Å². The molecule has 0 aliphatic carbocycles. The van der Waals surface area contributed by atoms with E-state index >= 15 is 4.39 Å². The van der Waals surface area contributed by atoms with Crippen molar-refractivity contribution in [2.75, 3.05) is 18.9 Å². The van der Waals surface area contributed by atoms with Crippen LogP contribution in [0.1, 0.15) is 18.9 Å². The number of nitrogens with zero attached hydrogens (tertiary/aromatic N) is 1. The van der Waals surface area contributed by atoms with Crippen LogP contribution in [0, 0.1) is 17.5 Å². The molecule has 0 bridgehead atoms. The van der Waals surface area contributed by atoms with Crippen LogP contribution in [0.2, 0.25) is 0 Å². The lowest BCUT2D eigenvalue weighted by molar-refractivity contribution is -0.157. The summed E-state index contributed by atoms with van der Waals surface area (Å²) in [6.45, 7) is 1.40. The lowest BCUT2D eigenvalue weighted by Crippen LogP contribution is -2.53. The van der Waals surface area contributed by atoms with Crippen molar-refractivity contribution in [2.45, 2.75) is 44.1 Å². The number of likely N-dealkylation sites (tertiary alicyclic amines) is 1. The number of hydrogen-bond acceptors (Lipinski definition) is 4. The monoisotopic (exact) mass is 500 g/mol. The van der Waals surface area contributed by atoms with Gasteiger partial charge in [0.15, 0.2) is 0 Å². The number of amides is 1. The Bertz CT molecular complexity index is 1190. The fourth-order valence-corrected chi connectivity index (χ4v) is 5.18. The van der Waals surface area contributed by atoms with Crippen molar-refractivity contribution in [3.63, 3.8) is 0 Å². The quantitative estimate of drug-likeness (QED) is 0.594. The molecule has 1 amide bonds. The molecule has 2 heterocycles. The Kier molecular flexibility index (Phi) is 6.97. The number of halogens is 4. The summed E-state index contributed by atoms with van der Waals surface area (Å²) in [5.41, 5.74) is -0.475. The minimum Gasteiger partial charge on any atom is -0.368 e. The van der Waals surface area contributed by atoms with Crippen molar-refractivity contribution in [1.29, 1.82) is 0 Å². The first-order valence-corrected chi connectivity index (χ1v) is 12.6. The number of sulfonamides is 1. The van der Waals surface area contributed by atoms with Crippen molar-refractivity contribution in [1.82, 2.24) is 9.62 Å². The molecule has 2 aliphatic heterocycles. The summed E-state index contributed by atoms with van der Waals surface area (Å²) < 4.78 is 90.3. The van der Waals surface area contributed by atoms with Gasteiger partial charge >= 0.3 is 0 Å². The van der Waals surface area contributed by atoms with Crippen LogP contribution >= 0.6 is 0 Å². The van der Waals surface area contributed by atoms with Gasteiger partial charge in [-0.05, 0) is 37.1 Å². The fraction of sp³-hybridized carbons (Fsp3) is 0.435. The Morgan fingerprint density at radius 3 is 2.56 bits per heavy atom. The van der Waals surface area contributed by atoms with Crippen molar-refractivity contribution in [2.24, 2.45) is 0 Å². The van der Waals surface area contributed by atoms with Gasteiger partial charge in [0.05, 0.1) is 31.0 Å². The maximum Gasteiger partial charge on any atom is 0.252 e. The minimum atomic E-state index is -3.84. The molecule has 2 fully saturated rings. The van der Waals surface area contributed by atoms with Gasteiger partial charge in [-0.25, -0.2) is 30.7 Å². The molecular formula is C23H24F4N2O4S. The molecule has 1 unspecified atom stereocenters. The Hall–Kier alpha value is -2.50. The summed E-state index contributed by atoms with van der Waals surface area (Å²) in [7, 11) is -3.84. The van der Waals surface area contributed by atoms with E-state index in [9.17, 15) is 26.4 Å². The Labute approximate surface area is 194 Å². The summed E-state index contributed by atoms with van der Waals surface area (Å²) in [4.78, 5) is 14.1. The van der Waals surface area contributed by atoms with Crippen molar-refractivity contribution >= 4 is 15.9 Å². The van der Waals surface area contributed by atoms with Crippen LogP contribution in [-0.2, 0) is 26.0 Å². The number of alkyl halides is 1. The van der Waals surface area contributed by atoms with E-state index in [0.717, 1.165) is 18.2 Å². The third-order valence-corrected chi connectivity index (χ3v) is 7.65. The second kappa shape index (κ2) is 9.63. The lowest BCUT2D eigenvalue weighted by atomic mass is 9.95. The van der Waals surface area contributed by atoms with Gasteiger partial charge in [-0.1, -0.05) is 18.2 Å². The van der Waals surface area contributed by atoms with E-state index in [1.807, 2.05) is 0 Å². The van der Waals surface area contributed by atoms with Crippen LogP contribution < -0.4 is 4.72 Å². The first kappa shape index (κ1) is 24.6. The van der Waals surface area contributed by atoms with Gasteiger partial charge in [-0.3, -0.25) is 4.79 Å². The van der Waals surface area contributed by atoms with Crippen LogP contribution in [0.4, 0.5) is 17.6 Å². The third-order valence-electron chi connectivity index (χ3n) is 6.26. The SMILES string of the molecule is CCS(=O)(=O)N[C@H]1[C@@H](F)CN(C(=O)C2CCO2)[C@H]1Cc1cccc(-c2cc(F)ccc2F)c1F. The van der Waals surface area contributed by atoms with Crippen molar-refractivity contribution in [3.8, 4) is 11.1 Å². The molecule has 2 saturated heterocycles. The first-order chi connectivity index (χ1) is 16.1.